The van der Waals surface area contributed by atoms with Crippen molar-refractivity contribution in [3.63, 3.8) is 0 Å². The lowest BCUT2D eigenvalue weighted by Crippen LogP contribution is -2.19. The molecule has 0 radical (unpaired) electrons. The molecule has 0 aromatic heterocycles. The van der Waals surface area contributed by atoms with Gasteiger partial charge in [-0.15, -0.1) is 0 Å². The van der Waals surface area contributed by atoms with Gasteiger partial charge in [-0.25, -0.2) is 17.9 Å². The van der Waals surface area contributed by atoms with E-state index in [1.165, 1.54) is 31.3 Å². The Balaban J connectivity index is 2.92. The third-order valence-electron chi connectivity index (χ3n) is 2.20. The number of carbonyl (C=O) groups is 1. The minimum absolute atomic E-state index is 0.0454. The molecule has 1 N–H and O–H groups in total. The summed E-state index contributed by atoms with van der Waals surface area (Å²) in [5, 5.41) is 0. The summed E-state index contributed by atoms with van der Waals surface area (Å²) in [6.07, 6.45) is 0. The molecule has 1 aromatic rings. The van der Waals surface area contributed by atoms with E-state index >= 15 is 0 Å². The summed E-state index contributed by atoms with van der Waals surface area (Å²) < 4.78 is 30.4. The van der Waals surface area contributed by atoms with Gasteiger partial charge in [-0.05, 0) is 31.2 Å². The lowest BCUT2D eigenvalue weighted by molar-refractivity contribution is 0.0458. The van der Waals surface area contributed by atoms with Crippen LogP contribution in [0.15, 0.2) is 29.2 Å². The predicted molar refractivity (Wildman–Crippen MR) is 67.8 cm³/mol. The predicted octanol–water partition coefficient (Wildman–Crippen LogP) is 1.41. The number of nitrogens with one attached hydrogen (secondary N) is 1. The molecule has 0 spiro atoms. The maximum atomic E-state index is 11.7. The average molecular weight is 271 g/mol. The van der Waals surface area contributed by atoms with Crippen LogP contribution in [-0.4, -0.2) is 28.0 Å². The first-order valence-corrected chi connectivity index (χ1v) is 7.06. The number of hydrogen-bond donors (Lipinski definition) is 1. The molecule has 5 nitrogen and oxygen atoms in total. The fourth-order valence-electron chi connectivity index (χ4n) is 1.23. The Kier molecular flexibility index (Phi) is 4.86. The van der Waals surface area contributed by atoms with Crippen molar-refractivity contribution in [3.8, 4) is 0 Å². The van der Waals surface area contributed by atoms with Gasteiger partial charge in [0.1, 0.15) is 0 Å². The maximum Gasteiger partial charge on any atom is 0.338 e. The van der Waals surface area contributed by atoms with Crippen LogP contribution >= 0.6 is 0 Å². The van der Waals surface area contributed by atoms with Crippen molar-refractivity contribution in [1.82, 2.24) is 4.72 Å². The molecule has 1 rings (SSSR count). The molecule has 6 heteroatoms. The monoisotopic (exact) mass is 271 g/mol. The van der Waals surface area contributed by atoms with Gasteiger partial charge < -0.3 is 4.74 Å². The number of hydrogen-bond acceptors (Lipinski definition) is 4. The topological polar surface area (TPSA) is 72.5 Å². The fraction of sp³-hybridized carbons (Fsp3) is 0.417. The maximum absolute atomic E-state index is 11.7. The number of sulfonamides is 1. The zero-order chi connectivity index (χ0) is 13.8. The van der Waals surface area contributed by atoms with Crippen molar-refractivity contribution in [3.05, 3.63) is 29.8 Å². The Morgan fingerprint density at radius 1 is 1.39 bits per heavy atom. The first-order valence-electron chi connectivity index (χ1n) is 5.57. The van der Waals surface area contributed by atoms with Gasteiger partial charge in [0.25, 0.3) is 0 Å². The summed E-state index contributed by atoms with van der Waals surface area (Å²) in [5.41, 5.74) is 0.229. The van der Waals surface area contributed by atoms with Crippen LogP contribution in [0, 0.1) is 5.92 Å². The molecule has 0 saturated carbocycles. The highest BCUT2D eigenvalue weighted by Gasteiger charge is 2.15. The van der Waals surface area contributed by atoms with Gasteiger partial charge >= 0.3 is 5.97 Å². The lowest BCUT2D eigenvalue weighted by atomic mass is 10.2. The molecule has 0 aliphatic carbocycles. The number of benzene rings is 1. The number of esters is 1. The molecule has 0 unspecified atom stereocenters. The van der Waals surface area contributed by atoms with E-state index in [1.807, 2.05) is 13.8 Å². The van der Waals surface area contributed by atoms with Gasteiger partial charge in [-0.1, -0.05) is 19.9 Å². The zero-order valence-corrected chi connectivity index (χ0v) is 11.5. The highest BCUT2D eigenvalue weighted by Crippen LogP contribution is 2.12. The van der Waals surface area contributed by atoms with Crippen molar-refractivity contribution in [2.45, 2.75) is 18.7 Å². The molecule has 18 heavy (non-hydrogen) atoms. The van der Waals surface area contributed by atoms with Crippen LogP contribution in [-0.2, 0) is 14.8 Å². The molecule has 0 amide bonds. The van der Waals surface area contributed by atoms with Crippen LogP contribution in [0.1, 0.15) is 24.2 Å². The quantitative estimate of drug-likeness (QED) is 0.822. The summed E-state index contributed by atoms with van der Waals surface area (Å²) in [6, 6.07) is 5.76. The summed E-state index contributed by atoms with van der Waals surface area (Å²) in [5.74, 6) is -0.282. The molecule has 1 aromatic carbocycles. The molecule has 0 bridgehead atoms. The van der Waals surface area contributed by atoms with Gasteiger partial charge in [0.15, 0.2) is 0 Å². The first kappa shape index (κ1) is 14.7. The summed E-state index contributed by atoms with van der Waals surface area (Å²) in [4.78, 5) is 11.7. The number of carbonyl (C=O) groups excluding carboxylic acids is 1. The largest absolute Gasteiger partial charge is 0.462 e. The molecular weight excluding hydrogens is 254 g/mol. The van der Waals surface area contributed by atoms with Crippen LogP contribution < -0.4 is 4.72 Å². The van der Waals surface area contributed by atoms with Crippen LogP contribution in [0.3, 0.4) is 0 Å². The van der Waals surface area contributed by atoms with Crippen molar-refractivity contribution in [1.29, 1.82) is 0 Å². The normalized spacial score (nSPS) is 11.6. The van der Waals surface area contributed by atoms with Crippen molar-refractivity contribution < 1.29 is 17.9 Å². The van der Waals surface area contributed by atoms with Crippen molar-refractivity contribution >= 4 is 16.0 Å². The third-order valence-corrected chi connectivity index (χ3v) is 3.61. The molecule has 100 valence electrons. The van der Waals surface area contributed by atoms with E-state index in [-0.39, 0.29) is 16.4 Å². The zero-order valence-electron chi connectivity index (χ0n) is 10.6. The molecule has 0 aliphatic heterocycles. The minimum atomic E-state index is -3.54. The molecule has 0 heterocycles. The van der Waals surface area contributed by atoms with Gasteiger partial charge in [0.05, 0.1) is 17.1 Å². The van der Waals surface area contributed by atoms with E-state index in [0.29, 0.717) is 6.61 Å². The van der Waals surface area contributed by atoms with E-state index < -0.39 is 16.0 Å². The van der Waals surface area contributed by atoms with Crippen LogP contribution in [0.2, 0.25) is 0 Å². The Labute approximate surface area is 107 Å². The second-order valence-electron chi connectivity index (χ2n) is 4.23. The standard InChI is InChI=1S/C12H17NO4S/c1-9(2)8-17-12(14)10-5-4-6-11(7-10)18(15,16)13-3/h4-7,9,13H,8H2,1-3H3. The van der Waals surface area contributed by atoms with E-state index in [4.69, 9.17) is 4.74 Å². The van der Waals surface area contributed by atoms with Gasteiger partial charge in [-0.2, -0.15) is 0 Å². The second kappa shape index (κ2) is 5.97. The van der Waals surface area contributed by atoms with E-state index in [0.717, 1.165) is 0 Å². The van der Waals surface area contributed by atoms with Gasteiger partial charge in [-0.3, -0.25) is 0 Å². The van der Waals surface area contributed by atoms with Crippen LogP contribution in [0.4, 0.5) is 0 Å². The summed E-state index contributed by atoms with van der Waals surface area (Å²) >= 11 is 0. The molecule has 0 aliphatic rings. The Bertz CT molecular complexity index is 523. The molecule has 0 saturated heterocycles. The summed E-state index contributed by atoms with van der Waals surface area (Å²) in [7, 11) is -2.22. The van der Waals surface area contributed by atoms with Gasteiger partial charge in [0, 0.05) is 0 Å². The minimum Gasteiger partial charge on any atom is -0.462 e. The number of ether oxygens (including phenoxy) is 1. The lowest BCUT2D eigenvalue weighted by Gasteiger charge is -2.08. The van der Waals surface area contributed by atoms with Gasteiger partial charge in [0.2, 0.25) is 10.0 Å². The Hall–Kier alpha value is -1.40. The third kappa shape index (κ3) is 3.82. The Morgan fingerprint density at radius 2 is 2.06 bits per heavy atom. The van der Waals surface area contributed by atoms with Crippen molar-refractivity contribution in [2.75, 3.05) is 13.7 Å². The fourth-order valence-corrected chi connectivity index (χ4v) is 2.01. The van der Waals surface area contributed by atoms with E-state index in [9.17, 15) is 13.2 Å². The highest BCUT2D eigenvalue weighted by atomic mass is 32.2. The highest BCUT2D eigenvalue weighted by molar-refractivity contribution is 7.89. The SMILES string of the molecule is CNS(=O)(=O)c1cccc(C(=O)OCC(C)C)c1. The summed E-state index contributed by atoms with van der Waals surface area (Å²) in [6.45, 7) is 4.16. The van der Waals surface area contributed by atoms with E-state index in [1.54, 1.807) is 0 Å². The molecular formula is C12H17NO4S. The average Bonchev–Trinajstić information content (AvgIpc) is 2.36. The molecule has 0 atom stereocenters. The second-order valence-corrected chi connectivity index (χ2v) is 6.11. The van der Waals surface area contributed by atoms with E-state index in [2.05, 4.69) is 4.72 Å². The smallest absolute Gasteiger partial charge is 0.338 e. The first-order chi connectivity index (χ1) is 8.36. The van der Waals surface area contributed by atoms with Crippen LogP contribution in [0.25, 0.3) is 0 Å². The molecule has 0 fully saturated rings. The Morgan fingerprint density at radius 3 is 2.61 bits per heavy atom. The van der Waals surface area contributed by atoms with Crippen LogP contribution in [0.5, 0.6) is 0 Å². The van der Waals surface area contributed by atoms with Crippen molar-refractivity contribution in [2.24, 2.45) is 5.92 Å². The number of rotatable bonds is 5.